The highest BCUT2D eigenvalue weighted by molar-refractivity contribution is 7.84. The molecule has 0 aliphatic heterocycles. The van der Waals surface area contributed by atoms with Gasteiger partial charge in [-0.15, -0.1) is 4.41 Å². The molecule has 0 aromatic heterocycles. The highest BCUT2D eigenvalue weighted by Gasteiger charge is 2.25. The maximum Gasteiger partial charge on any atom is 0.380 e. The van der Waals surface area contributed by atoms with E-state index >= 15 is 0 Å². The first-order chi connectivity index (χ1) is 13.3. The lowest BCUT2D eigenvalue weighted by atomic mass is 9.81. The largest absolute Gasteiger partial charge is 0.380 e. The van der Waals surface area contributed by atoms with Crippen LogP contribution in [0.15, 0.2) is 30.3 Å². The molecule has 0 fully saturated rings. The van der Waals surface area contributed by atoms with Gasteiger partial charge in [0.15, 0.2) is 0 Å². The number of anilines is 1. The van der Waals surface area contributed by atoms with E-state index in [2.05, 4.69) is 17.6 Å². The fourth-order valence-electron chi connectivity index (χ4n) is 4.17. The number of hydrazine groups is 1. The predicted molar refractivity (Wildman–Crippen MR) is 107 cm³/mol. The fourth-order valence-corrected chi connectivity index (χ4v) is 4.78. The van der Waals surface area contributed by atoms with E-state index in [0.29, 0.717) is 10.1 Å². The first-order valence-electron chi connectivity index (χ1n) is 9.67. The SMILES string of the molecule is CCC(=O)N(Nc1ccc2c(c1)Cc1cc3c(cc1C2)CCCC3)S(=O)(=O)O. The number of nitrogens with zero attached hydrogens (tertiary/aromatic N) is 1. The summed E-state index contributed by atoms with van der Waals surface area (Å²) in [6.45, 7) is 1.53. The van der Waals surface area contributed by atoms with Gasteiger partial charge in [0.2, 0.25) is 0 Å². The van der Waals surface area contributed by atoms with E-state index in [4.69, 9.17) is 0 Å². The van der Waals surface area contributed by atoms with Crippen molar-refractivity contribution in [3.63, 3.8) is 0 Å². The van der Waals surface area contributed by atoms with Gasteiger partial charge in [-0.2, -0.15) is 8.42 Å². The number of carbonyl (C=O) groups excluding carboxylic acids is 1. The van der Waals surface area contributed by atoms with Gasteiger partial charge in [0, 0.05) is 6.42 Å². The van der Waals surface area contributed by atoms with Crippen LogP contribution in [-0.2, 0) is 40.8 Å². The Bertz CT molecular complexity index is 1050. The van der Waals surface area contributed by atoms with Gasteiger partial charge in [-0.3, -0.25) is 14.8 Å². The number of hydrogen-bond acceptors (Lipinski definition) is 4. The molecule has 4 rings (SSSR count). The molecule has 0 bridgehead atoms. The van der Waals surface area contributed by atoms with Crippen molar-refractivity contribution in [3.05, 3.63) is 63.7 Å². The summed E-state index contributed by atoms with van der Waals surface area (Å²) in [6.07, 6.45) is 6.39. The van der Waals surface area contributed by atoms with Crippen LogP contribution >= 0.6 is 0 Å². The molecule has 7 heteroatoms. The second kappa shape index (κ2) is 7.22. The molecule has 0 saturated carbocycles. The lowest BCUT2D eigenvalue weighted by molar-refractivity contribution is -0.125. The number of aryl methyl sites for hydroxylation is 2. The van der Waals surface area contributed by atoms with Gasteiger partial charge in [-0.1, -0.05) is 25.1 Å². The maximum atomic E-state index is 11.9. The van der Waals surface area contributed by atoms with E-state index in [9.17, 15) is 17.8 Å². The summed E-state index contributed by atoms with van der Waals surface area (Å²) < 4.78 is 32.7. The summed E-state index contributed by atoms with van der Waals surface area (Å²) in [5, 5.41) is 0. The Balaban J connectivity index is 1.62. The minimum absolute atomic E-state index is 0.0454. The molecule has 0 unspecified atom stereocenters. The van der Waals surface area contributed by atoms with Crippen LogP contribution in [0.1, 0.15) is 59.6 Å². The van der Waals surface area contributed by atoms with Gasteiger partial charge >= 0.3 is 10.3 Å². The molecule has 2 aliphatic rings. The van der Waals surface area contributed by atoms with Gasteiger partial charge < -0.3 is 0 Å². The third-order valence-electron chi connectivity index (χ3n) is 5.62. The summed E-state index contributed by atoms with van der Waals surface area (Å²) in [4.78, 5) is 11.9. The molecule has 2 N–H and O–H groups in total. The molecule has 0 atom stereocenters. The van der Waals surface area contributed by atoms with Crippen LogP contribution in [0.3, 0.4) is 0 Å². The normalized spacial score (nSPS) is 15.2. The molecule has 2 aliphatic carbocycles. The van der Waals surface area contributed by atoms with E-state index in [1.54, 1.807) is 6.07 Å². The van der Waals surface area contributed by atoms with Crippen LogP contribution in [0.5, 0.6) is 0 Å². The number of rotatable bonds is 4. The standard InChI is InChI=1S/C21H24N2O4S/c1-2-21(24)23(28(25,26)27)22-20-8-7-16-11-17-9-14-5-3-4-6-15(14)10-18(17)12-19(16)13-20/h7-10,13,22H,2-6,11-12H2,1H3,(H,25,26,27). The number of nitrogens with one attached hydrogen (secondary N) is 1. The van der Waals surface area contributed by atoms with Crippen LogP contribution in [0.25, 0.3) is 0 Å². The van der Waals surface area contributed by atoms with Gasteiger partial charge in [0.1, 0.15) is 0 Å². The molecule has 0 spiro atoms. The monoisotopic (exact) mass is 400 g/mol. The number of carbonyl (C=O) groups is 1. The van der Waals surface area contributed by atoms with Gasteiger partial charge in [-0.25, -0.2) is 0 Å². The van der Waals surface area contributed by atoms with Crippen molar-refractivity contribution in [2.75, 3.05) is 5.43 Å². The minimum atomic E-state index is -4.68. The summed E-state index contributed by atoms with van der Waals surface area (Å²) in [5.74, 6) is -0.725. The van der Waals surface area contributed by atoms with E-state index in [1.807, 2.05) is 12.1 Å². The Kier molecular flexibility index (Phi) is 4.89. The first kappa shape index (κ1) is 19.0. The van der Waals surface area contributed by atoms with Gasteiger partial charge in [-0.05, 0) is 84.0 Å². The number of fused-ring (bicyclic) bond motifs is 3. The average Bonchev–Trinajstić information content (AvgIpc) is 2.67. The van der Waals surface area contributed by atoms with E-state index in [0.717, 1.165) is 31.2 Å². The smallest absolute Gasteiger partial charge is 0.280 e. The Morgan fingerprint density at radius 3 is 2.11 bits per heavy atom. The van der Waals surface area contributed by atoms with Crippen LogP contribution in [-0.4, -0.2) is 23.3 Å². The average molecular weight is 401 g/mol. The molecule has 0 saturated heterocycles. The summed E-state index contributed by atoms with van der Waals surface area (Å²) in [7, 11) is -4.68. The molecular weight excluding hydrogens is 376 g/mol. The van der Waals surface area contributed by atoms with Crippen molar-refractivity contribution in [2.24, 2.45) is 0 Å². The van der Waals surface area contributed by atoms with Gasteiger partial charge in [0.05, 0.1) is 5.69 Å². The Hall–Kier alpha value is -2.38. The summed E-state index contributed by atoms with van der Waals surface area (Å²) >= 11 is 0. The number of amides is 1. The Labute approximate surface area is 165 Å². The molecule has 148 valence electrons. The van der Waals surface area contributed by atoms with Crippen molar-refractivity contribution in [1.82, 2.24) is 4.41 Å². The van der Waals surface area contributed by atoms with E-state index < -0.39 is 16.2 Å². The third-order valence-corrected chi connectivity index (χ3v) is 6.38. The van der Waals surface area contributed by atoms with Crippen LogP contribution in [0.2, 0.25) is 0 Å². The third kappa shape index (κ3) is 3.64. The molecule has 2 aromatic carbocycles. The van der Waals surface area contributed by atoms with Crippen molar-refractivity contribution >= 4 is 21.9 Å². The second-order valence-electron chi connectivity index (χ2n) is 7.54. The number of benzene rings is 2. The lowest BCUT2D eigenvalue weighted by Crippen LogP contribution is -2.40. The Morgan fingerprint density at radius 1 is 0.964 bits per heavy atom. The van der Waals surface area contributed by atoms with E-state index in [-0.39, 0.29) is 6.42 Å². The van der Waals surface area contributed by atoms with Crippen molar-refractivity contribution in [1.29, 1.82) is 0 Å². The molecule has 6 nitrogen and oxygen atoms in total. The highest BCUT2D eigenvalue weighted by atomic mass is 32.2. The molecular formula is C21H24N2O4S. The second-order valence-corrected chi connectivity index (χ2v) is 8.80. The van der Waals surface area contributed by atoms with Crippen LogP contribution < -0.4 is 5.43 Å². The minimum Gasteiger partial charge on any atom is -0.280 e. The topological polar surface area (TPSA) is 86.7 Å². The molecule has 0 heterocycles. The van der Waals surface area contributed by atoms with Crippen molar-refractivity contribution in [2.45, 2.75) is 51.9 Å². The molecule has 28 heavy (non-hydrogen) atoms. The first-order valence-corrected chi connectivity index (χ1v) is 11.1. The van der Waals surface area contributed by atoms with Crippen LogP contribution in [0, 0.1) is 0 Å². The van der Waals surface area contributed by atoms with Crippen molar-refractivity contribution < 1.29 is 17.8 Å². The maximum absolute atomic E-state index is 11.9. The van der Waals surface area contributed by atoms with Gasteiger partial charge in [0.25, 0.3) is 5.91 Å². The quantitative estimate of drug-likeness (QED) is 0.518. The summed E-state index contributed by atoms with van der Waals surface area (Å²) in [5.41, 5.74) is 10.9. The predicted octanol–water partition coefficient (Wildman–Crippen LogP) is 3.43. The van der Waals surface area contributed by atoms with Crippen molar-refractivity contribution in [3.8, 4) is 0 Å². The Morgan fingerprint density at radius 2 is 1.54 bits per heavy atom. The number of hydrogen-bond donors (Lipinski definition) is 2. The summed E-state index contributed by atoms with van der Waals surface area (Å²) in [6, 6.07) is 10.2. The van der Waals surface area contributed by atoms with Crippen LogP contribution in [0.4, 0.5) is 5.69 Å². The van der Waals surface area contributed by atoms with E-state index in [1.165, 1.54) is 47.6 Å². The fraction of sp³-hybridized carbons (Fsp3) is 0.381. The zero-order chi connectivity index (χ0) is 19.9. The molecule has 0 radical (unpaired) electrons. The zero-order valence-corrected chi connectivity index (χ0v) is 16.7. The zero-order valence-electron chi connectivity index (χ0n) is 15.9. The molecule has 2 aromatic rings. The lowest BCUT2D eigenvalue weighted by Gasteiger charge is -2.26. The molecule has 1 amide bonds. The highest BCUT2D eigenvalue weighted by Crippen LogP contribution is 2.33.